The van der Waals surface area contributed by atoms with Crippen molar-refractivity contribution in [3.05, 3.63) is 12.3 Å². The molecule has 0 rings (SSSR count). The number of hydrogen-bond acceptors (Lipinski definition) is 3. The predicted octanol–water partition coefficient (Wildman–Crippen LogP) is 3.01. The fraction of sp³-hybridized carbons (Fsp3) is 0.714. The zero-order valence-electron chi connectivity index (χ0n) is 7.38. The molecule has 0 saturated carbocycles. The van der Waals surface area contributed by atoms with Crippen molar-refractivity contribution in [2.24, 2.45) is 0 Å². The van der Waals surface area contributed by atoms with E-state index in [2.05, 4.69) is 6.58 Å². The van der Waals surface area contributed by atoms with Crippen LogP contribution in [0.15, 0.2) is 12.3 Å². The molecule has 11 heavy (non-hydrogen) atoms. The van der Waals surface area contributed by atoms with Crippen LogP contribution in [0.4, 0.5) is 0 Å². The molecule has 0 spiro atoms. The first kappa shape index (κ1) is 10.6. The first-order valence-corrected chi connectivity index (χ1v) is 4.40. The van der Waals surface area contributed by atoms with Crippen molar-refractivity contribution in [2.45, 2.75) is 33.3 Å². The van der Waals surface area contributed by atoms with Crippen LogP contribution in [0.3, 0.4) is 0 Å². The Balaban J connectivity index is 3.80. The van der Waals surface area contributed by atoms with Crippen LogP contribution in [0.1, 0.15) is 27.7 Å². The van der Waals surface area contributed by atoms with Crippen LogP contribution in [-0.2, 0) is 13.6 Å². The highest BCUT2D eigenvalue weighted by atomic mass is 31.1. The second-order valence-electron chi connectivity index (χ2n) is 3.22. The Morgan fingerprint density at radius 2 is 1.91 bits per heavy atom. The Labute approximate surface area is 68.3 Å². The molecule has 0 saturated heterocycles. The fourth-order valence-electron chi connectivity index (χ4n) is 0.369. The molecule has 1 unspecified atom stereocenters. The highest BCUT2D eigenvalue weighted by Crippen LogP contribution is 2.32. The van der Waals surface area contributed by atoms with E-state index in [-0.39, 0.29) is 0 Å². The minimum Gasteiger partial charge on any atom is -0.235 e. The lowest BCUT2D eigenvalue weighted by molar-refractivity contribution is 0.118. The third-order valence-electron chi connectivity index (χ3n) is 0.579. The number of rotatable bonds is 3. The molecule has 0 aromatic carbocycles. The highest BCUT2D eigenvalue weighted by molar-refractivity contribution is 7.33. The van der Waals surface area contributed by atoms with Gasteiger partial charge in [-0.05, 0) is 27.7 Å². The zero-order chi connectivity index (χ0) is 9.07. The van der Waals surface area contributed by atoms with Gasteiger partial charge in [0.1, 0.15) is 5.60 Å². The standard InChI is InChI=1S/C7H14O3P/c1-6(2)9-11(8)10-7(3,4)5/h1H2,2-5H3/q+1. The van der Waals surface area contributed by atoms with Crippen molar-refractivity contribution in [1.82, 2.24) is 0 Å². The molecule has 64 valence electrons. The van der Waals surface area contributed by atoms with E-state index in [0.29, 0.717) is 5.76 Å². The Morgan fingerprint density at radius 1 is 1.45 bits per heavy atom. The maximum atomic E-state index is 10.9. The van der Waals surface area contributed by atoms with Crippen LogP contribution in [0.25, 0.3) is 0 Å². The molecule has 0 aromatic heterocycles. The van der Waals surface area contributed by atoms with E-state index < -0.39 is 13.9 Å². The van der Waals surface area contributed by atoms with Gasteiger partial charge in [0.05, 0.1) is 0 Å². The fourth-order valence-corrected chi connectivity index (χ4v) is 1.11. The second kappa shape index (κ2) is 3.84. The average molecular weight is 177 g/mol. The third-order valence-corrected chi connectivity index (χ3v) is 1.74. The number of hydrogen-bond donors (Lipinski definition) is 0. The lowest BCUT2D eigenvalue weighted by atomic mass is 10.2. The molecule has 0 N–H and O–H groups in total. The summed E-state index contributed by atoms with van der Waals surface area (Å²) in [6, 6.07) is 0. The SMILES string of the molecule is C=C(C)O[P+](=O)OC(C)(C)C. The molecule has 0 aliphatic heterocycles. The Morgan fingerprint density at radius 3 is 2.18 bits per heavy atom. The maximum Gasteiger partial charge on any atom is 0.750 e. The monoisotopic (exact) mass is 177 g/mol. The summed E-state index contributed by atoms with van der Waals surface area (Å²) in [7, 11) is -2.06. The minimum atomic E-state index is -2.06. The molecule has 0 aliphatic rings. The summed E-state index contributed by atoms with van der Waals surface area (Å²) in [6.45, 7) is 10.5. The Bertz CT molecular complexity index is 169. The molecule has 3 nitrogen and oxygen atoms in total. The summed E-state index contributed by atoms with van der Waals surface area (Å²) < 4.78 is 20.6. The van der Waals surface area contributed by atoms with Gasteiger partial charge in [-0.15, -0.1) is 4.52 Å². The summed E-state index contributed by atoms with van der Waals surface area (Å²) in [4.78, 5) is 0. The largest absolute Gasteiger partial charge is 0.750 e. The van der Waals surface area contributed by atoms with Crippen LogP contribution in [0.2, 0.25) is 0 Å². The van der Waals surface area contributed by atoms with Gasteiger partial charge in [-0.3, -0.25) is 0 Å². The lowest BCUT2D eigenvalue weighted by Gasteiger charge is -2.07. The van der Waals surface area contributed by atoms with Crippen LogP contribution in [-0.4, -0.2) is 5.60 Å². The first-order chi connectivity index (χ1) is 4.81. The summed E-state index contributed by atoms with van der Waals surface area (Å²) in [5.74, 6) is 0.398. The quantitative estimate of drug-likeness (QED) is 0.491. The van der Waals surface area contributed by atoms with E-state index in [1.807, 2.05) is 20.8 Å². The van der Waals surface area contributed by atoms with Gasteiger partial charge in [-0.2, -0.15) is 0 Å². The van der Waals surface area contributed by atoms with Crippen molar-refractivity contribution in [2.75, 3.05) is 0 Å². The van der Waals surface area contributed by atoms with Crippen LogP contribution < -0.4 is 0 Å². The first-order valence-electron chi connectivity index (χ1n) is 3.31. The van der Waals surface area contributed by atoms with Gasteiger partial charge in [-0.25, -0.2) is 4.52 Å². The van der Waals surface area contributed by atoms with Crippen molar-refractivity contribution in [3.8, 4) is 0 Å². The molecular formula is C7H14O3P+. The normalized spacial score (nSPS) is 12.5. The highest BCUT2D eigenvalue weighted by Gasteiger charge is 2.30. The van der Waals surface area contributed by atoms with Crippen molar-refractivity contribution in [3.63, 3.8) is 0 Å². The smallest absolute Gasteiger partial charge is 0.235 e. The van der Waals surface area contributed by atoms with Gasteiger partial charge in [0.2, 0.25) is 0 Å². The summed E-state index contributed by atoms with van der Waals surface area (Å²) in [6.07, 6.45) is 0. The average Bonchev–Trinajstić information content (AvgIpc) is 1.53. The third kappa shape index (κ3) is 7.50. The van der Waals surface area contributed by atoms with E-state index in [1.54, 1.807) is 6.92 Å². The van der Waals surface area contributed by atoms with Crippen LogP contribution >= 0.6 is 8.25 Å². The van der Waals surface area contributed by atoms with Gasteiger partial charge < -0.3 is 0 Å². The van der Waals surface area contributed by atoms with Crippen LogP contribution in [0, 0.1) is 0 Å². The molecule has 0 bridgehead atoms. The van der Waals surface area contributed by atoms with Crippen LogP contribution in [0.5, 0.6) is 0 Å². The maximum absolute atomic E-state index is 10.9. The molecule has 0 amide bonds. The molecule has 0 radical (unpaired) electrons. The molecule has 4 heteroatoms. The minimum absolute atomic E-state index is 0.398. The van der Waals surface area contributed by atoms with Gasteiger partial charge in [0.25, 0.3) is 0 Å². The van der Waals surface area contributed by atoms with Crippen molar-refractivity contribution in [1.29, 1.82) is 0 Å². The molecule has 0 heterocycles. The van der Waals surface area contributed by atoms with E-state index in [4.69, 9.17) is 9.05 Å². The molecule has 1 atom stereocenters. The van der Waals surface area contributed by atoms with Gasteiger partial charge in [0, 0.05) is 4.57 Å². The second-order valence-corrected chi connectivity index (χ2v) is 4.03. The van der Waals surface area contributed by atoms with E-state index in [0.717, 1.165) is 0 Å². The Hall–Kier alpha value is -0.400. The molecule has 0 aromatic rings. The van der Waals surface area contributed by atoms with Gasteiger partial charge in [-0.1, -0.05) is 6.58 Å². The summed E-state index contributed by atoms with van der Waals surface area (Å²) in [5, 5.41) is 0. The molecule has 0 aliphatic carbocycles. The predicted molar refractivity (Wildman–Crippen MR) is 44.3 cm³/mol. The van der Waals surface area contributed by atoms with E-state index >= 15 is 0 Å². The van der Waals surface area contributed by atoms with Crippen molar-refractivity contribution >= 4 is 8.25 Å². The Kier molecular flexibility index (Phi) is 3.70. The lowest BCUT2D eigenvalue weighted by Crippen LogP contribution is -2.14. The topological polar surface area (TPSA) is 35.5 Å². The number of allylic oxidation sites excluding steroid dienone is 1. The van der Waals surface area contributed by atoms with E-state index in [1.165, 1.54) is 0 Å². The zero-order valence-corrected chi connectivity index (χ0v) is 8.27. The van der Waals surface area contributed by atoms with Gasteiger partial charge in [0.15, 0.2) is 5.76 Å². The van der Waals surface area contributed by atoms with Crippen molar-refractivity contribution < 1.29 is 13.6 Å². The molecular weight excluding hydrogens is 163 g/mol. The van der Waals surface area contributed by atoms with Gasteiger partial charge >= 0.3 is 8.25 Å². The van der Waals surface area contributed by atoms with E-state index in [9.17, 15) is 4.57 Å². The summed E-state index contributed by atoms with van der Waals surface area (Å²) in [5.41, 5.74) is -0.442. The molecule has 0 fully saturated rings. The summed E-state index contributed by atoms with van der Waals surface area (Å²) >= 11 is 0.